The van der Waals surface area contributed by atoms with Gasteiger partial charge in [0.05, 0.1) is 0 Å². The number of amides is 1. The summed E-state index contributed by atoms with van der Waals surface area (Å²) in [5, 5.41) is 37.0. The maximum atomic E-state index is 11.1. The molecular formula is C15H14N2O5S. The highest BCUT2D eigenvalue weighted by Gasteiger charge is 2.15. The third-order valence-corrected chi connectivity index (χ3v) is 3.63. The second-order valence-corrected chi connectivity index (χ2v) is 5.30. The predicted molar refractivity (Wildman–Crippen MR) is 86.1 cm³/mol. The normalized spacial score (nSPS) is 11.5. The monoisotopic (exact) mass is 334 g/mol. The van der Waals surface area contributed by atoms with E-state index in [9.17, 15) is 20.1 Å². The van der Waals surface area contributed by atoms with Crippen molar-refractivity contribution in [2.24, 2.45) is 0 Å². The maximum absolute atomic E-state index is 11.1. The van der Waals surface area contributed by atoms with Gasteiger partial charge in [-0.1, -0.05) is 12.1 Å². The molecule has 0 radical (unpaired) electrons. The Morgan fingerprint density at radius 2 is 1.74 bits per heavy atom. The standard InChI is InChI=1S/C15H14N2O5S/c18-11-6-4-10(5-7-11)17-23-12-3-1-2-9(8-12)13(19)14(20)15(21)16-22/h1-8,17-20,22H,(H,16,21)/b14-13+. The highest BCUT2D eigenvalue weighted by atomic mass is 32.2. The zero-order valence-corrected chi connectivity index (χ0v) is 12.5. The van der Waals surface area contributed by atoms with Gasteiger partial charge in [0.1, 0.15) is 5.75 Å². The van der Waals surface area contributed by atoms with Crippen LogP contribution in [0.15, 0.2) is 59.2 Å². The fraction of sp³-hybridized carbons (Fsp3) is 0. The van der Waals surface area contributed by atoms with Gasteiger partial charge in [0.25, 0.3) is 0 Å². The number of aliphatic hydroxyl groups excluding tert-OH is 2. The molecule has 1 amide bonds. The van der Waals surface area contributed by atoms with Crippen molar-refractivity contribution in [1.82, 2.24) is 5.48 Å². The number of benzene rings is 2. The van der Waals surface area contributed by atoms with Crippen LogP contribution in [0.2, 0.25) is 0 Å². The van der Waals surface area contributed by atoms with Gasteiger partial charge >= 0.3 is 5.91 Å². The van der Waals surface area contributed by atoms with E-state index in [2.05, 4.69) is 4.72 Å². The van der Waals surface area contributed by atoms with Crippen molar-refractivity contribution < 1.29 is 25.3 Å². The van der Waals surface area contributed by atoms with E-state index in [4.69, 9.17) is 5.21 Å². The van der Waals surface area contributed by atoms with Crippen molar-refractivity contribution in [3.05, 3.63) is 59.9 Å². The molecule has 0 spiro atoms. The number of hydroxylamine groups is 1. The van der Waals surface area contributed by atoms with E-state index in [1.165, 1.54) is 23.5 Å². The predicted octanol–water partition coefficient (Wildman–Crippen LogP) is 2.80. The van der Waals surface area contributed by atoms with Crippen LogP contribution in [0.5, 0.6) is 5.75 Å². The van der Waals surface area contributed by atoms with Crippen molar-refractivity contribution in [3.8, 4) is 5.75 Å². The van der Waals surface area contributed by atoms with Gasteiger partial charge in [-0.3, -0.25) is 10.0 Å². The zero-order chi connectivity index (χ0) is 16.8. The smallest absolute Gasteiger partial charge is 0.313 e. The van der Waals surface area contributed by atoms with Crippen LogP contribution in [0, 0.1) is 0 Å². The number of rotatable bonds is 5. The van der Waals surface area contributed by atoms with Crippen LogP contribution in [0.3, 0.4) is 0 Å². The lowest BCUT2D eigenvalue weighted by Crippen LogP contribution is -2.21. The molecule has 0 heterocycles. The molecule has 2 rings (SSSR count). The van der Waals surface area contributed by atoms with Crippen LogP contribution in [0.4, 0.5) is 5.69 Å². The van der Waals surface area contributed by atoms with Crippen molar-refractivity contribution in [2.75, 3.05) is 4.72 Å². The van der Waals surface area contributed by atoms with Crippen LogP contribution in [-0.4, -0.2) is 26.4 Å². The Hall–Kier alpha value is -2.84. The van der Waals surface area contributed by atoms with Gasteiger partial charge in [0, 0.05) is 16.1 Å². The largest absolute Gasteiger partial charge is 0.508 e. The molecule has 0 aliphatic heterocycles. The molecule has 7 nitrogen and oxygen atoms in total. The lowest BCUT2D eigenvalue weighted by molar-refractivity contribution is -0.127. The van der Waals surface area contributed by atoms with E-state index < -0.39 is 17.4 Å². The Kier molecular flexibility index (Phi) is 5.34. The Labute approximate surface area is 136 Å². The average molecular weight is 334 g/mol. The number of phenolic OH excluding ortho intramolecular Hbond substituents is 1. The number of carbonyl (C=O) groups is 1. The molecule has 2 aromatic carbocycles. The summed E-state index contributed by atoms with van der Waals surface area (Å²) in [5.41, 5.74) is 2.21. The number of aromatic hydroxyl groups is 1. The SMILES string of the molecule is O=C(NO)/C(O)=C(\O)c1cccc(SNc2ccc(O)cc2)c1. The maximum Gasteiger partial charge on any atom is 0.313 e. The summed E-state index contributed by atoms with van der Waals surface area (Å²) in [6.07, 6.45) is 0. The van der Waals surface area contributed by atoms with Crippen molar-refractivity contribution >= 4 is 29.3 Å². The van der Waals surface area contributed by atoms with Gasteiger partial charge in [-0.25, -0.2) is 5.48 Å². The minimum Gasteiger partial charge on any atom is -0.508 e. The average Bonchev–Trinajstić information content (AvgIpc) is 2.59. The summed E-state index contributed by atoms with van der Waals surface area (Å²) < 4.78 is 3.04. The summed E-state index contributed by atoms with van der Waals surface area (Å²) in [4.78, 5) is 11.8. The second-order valence-electron chi connectivity index (χ2n) is 4.42. The molecule has 0 atom stereocenters. The number of hydrogen-bond donors (Lipinski definition) is 6. The van der Waals surface area contributed by atoms with Crippen molar-refractivity contribution in [1.29, 1.82) is 0 Å². The molecule has 8 heteroatoms. The van der Waals surface area contributed by atoms with Gasteiger partial charge in [0.2, 0.25) is 5.76 Å². The molecule has 0 aromatic heterocycles. The first-order chi connectivity index (χ1) is 11.0. The van der Waals surface area contributed by atoms with E-state index in [1.807, 2.05) is 0 Å². The van der Waals surface area contributed by atoms with Crippen LogP contribution in [-0.2, 0) is 4.79 Å². The van der Waals surface area contributed by atoms with Crippen LogP contribution < -0.4 is 10.2 Å². The molecule has 0 aliphatic rings. The van der Waals surface area contributed by atoms with Gasteiger partial charge in [-0.15, -0.1) is 0 Å². The Morgan fingerprint density at radius 1 is 1.04 bits per heavy atom. The first-order valence-electron chi connectivity index (χ1n) is 6.40. The molecule has 0 bridgehead atoms. The van der Waals surface area contributed by atoms with E-state index in [-0.39, 0.29) is 11.3 Å². The molecule has 0 saturated carbocycles. The summed E-state index contributed by atoms with van der Waals surface area (Å²) in [6.45, 7) is 0. The number of anilines is 1. The second kappa shape index (κ2) is 7.43. The summed E-state index contributed by atoms with van der Waals surface area (Å²) in [7, 11) is 0. The molecule has 6 N–H and O–H groups in total. The van der Waals surface area contributed by atoms with Gasteiger partial charge in [-0.2, -0.15) is 0 Å². The third kappa shape index (κ3) is 4.31. The third-order valence-electron chi connectivity index (χ3n) is 2.80. The molecule has 0 unspecified atom stereocenters. The zero-order valence-electron chi connectivity index (χ0n) is 11.7. The van der Waals surface area contributed by atoms with Crippen molar-refractivity contribution in [3.63, 3.8) is 0 Å². The molecular weight excluding hydrogens is 320 g/mol. The molecule has 23 heavy (non-hydrogen) atoms. The van der Waals surface area contributed by atoms with E-state index in [1.54, 1.807) is 42.5 Å². The number of carbonyl (C=O) groups excluding carboxylic acids is 1. The first-order valence-corrected chi connectivity index (χ1v) is 7.22. The molecule has 120 valence electrons. The quantitative estimate of drug-likeness (QED) is 0.124. The Balaban J connectivity index is 2.13. The molecule has 0 aliphatic carbocycles. The van der Waals surface area contributed by atoms with Gasteiger partial charge in [0.15, 0.2) is 5.76 Å². The summed E-state index contributed by atoms with van der Waals surface area (Å²) in [5.74, 6) is -2.68. The fourth-order valence-electron chi connectivity index (χ4n) is 1.65. The van der Waals surface area contributed by atoms with Gasteiger partial charge in [-0.05, 0) is 48.3 Å². The van der Waals surface area contributed by atoms with E-state index in [0.717, 1.165) is 5.69 Å². The minimum absolute atomic E-state index is 0.162. The summed E-state index contributed by atoms with van der Waals surface area (Å²) in [6, 6.07) is 12.9. The molecule has 0 saturated heterocycles. The van der Waals surface area contributed by atoms with Crippen LogP contribution in [0.1, 0.15) is 5.56 Å². The molecule has 0 fully saturated rings. The van der Waals surface area contributed by atoms with Gasteiger partial charge < -0.3 is 20.0 Å². The highest BCUT2D eigenvalue weighted by molar-refractivity contribution is 8.00. The van der Waals surface area contributed by atoms with E-state index >= 15 is 0 Å². The van der Waals surface area contributed by atoms with Crippen molar-refractivity contribution in [2.45, 2.75) is 4.90 Å². The Bertz CT molecular complexity index is 731. The fourth-order valence-corrected chi connectivity index (χ4v) is 2.36. The minimum atomic E-state index is -1.21. The lowest BCUT2D eigenvalue weighted by atomic mass is 10.1. The number of aliphatic hydroxyl groups is 2. The van der Waals surface area contributed by atoms with Crippen LogP contribution >= 0.6 is 11.9 Å². The number of phenols is 1. The number of hydrogen-bond acceptors (Lipinski definition) is 7. The highest BCUT2D eigenvalue weighted by Crippen LogP contribution is 2.25. The lowest BCUT2D eigenvalue weighted by Gasteiger charge is -2.08. The first kappa shape index (κ1) is 16.5. The Morgan fingerprint density at radius 3 is 2.39 bits per heavy atom. The summed E-state index contributed by atoms with van der Waals surface area (Å²) >= 11 is 1.24. The van der Waals surface area contributed by atoms with E-state index in [0.29, 0.717) is 4.90 Å². The number of nitrogens with one attached hydrogen (secondary N) is 2. The van der Waals surface area contributed by atoms with Crippen LogP contribution in [0.25, 0.3) is 5.76 Å². The topological polar surface area (TPSA) is 122 Å². The molecule has 2 aromatic rings.